The third-order valence-corrected chi connectivity index (χ3v) is 8.11. The first-order valence-electron chi connectivity index (χ1n) is 4.22. The molecule has 0 N–H and O–H groups in total. The quantitative estimate of drug-likeness (QED) is 0.657. The summed E-state index contributed by atoms with van der Waals surface area (Å²) in [5, 5.41) is -0.852. The third-order valence-electron chi connectivity index (χ3n) is 1.68. The Labute approximate surface area is 79.6 Å². The summed E-state index contributed by atoms with van der Waals surface area (Å²) in [7, 11) is -7.93. The van der Waals surface area contributed by atoms with Crippen LogP contribution in [0.3, 0.4) is 0 Å². The molecule has 0 amide bonds. The van der Waals surface area contributed by atoms with E-state index in [2.05, 4.69) is 0 Å². The molecule has 0 aromatic rings. The van der Waals surface area contributed by atoms with Gasteiger partial charge in [-0.15, -0.1) is 0 Å². The molecule has 0 rings (SSSR count). The molecule has 0 atom stereocenters. The van der Waals surface area contributed by atoms with Crippen molar-refractivity contribution in [2.24, 2.45) is 0 Å². The van der Waals surface area contributed by atoms with E-state index >= 15 is 0 Å². The molecule has 0 spiro atoms. The summed E-state index contributed by atoms with van der Waals surface area (Å²) < 4.78 is 45.1. The van der Waals surface area contributed by atoms with Gasteiger partial charge in [-0.05, 0) is 20.3 Å². The van der Waals surface area contributed by atoms with E-state index in [1.807, 2.05) is 6.92 Å². The van der Waals surface area contributed by atoms with Crippen LogP contribution in [0.1, 0.15) is 33.6 Å². The van der Waals surface area contributed by atoms with E-state index in [0.717, 1.165) is 0 Å². The van der Waals surface area contributed by atoms with E-state index < -0.39 is 23.0 Å². The fourth-order valence-electron chi connectivity index (χ4n) is 0.730. The Morgan fingerprint density at radius 3 is 1.85 bits per heavy atom. The summed E-state index contributed by atoms with van der Waals surface area (Å²) in [4.78, 5) is 0. The second kappa shape index (κ2) is 4.41. The van der Waals surface area contributed by atoms with Crippen molar-refractivity contribution in [1.82, 2.24) is 0 Å². The van der Waals surface area contributed by atoms with Crippen molar-refractivity contribution >= 4 is 17.7 Å². The maximum absolute atomic E-state index is 11.3. The lowest BCUT2D eigenvalue weighted by molar-refractivity contribution is 0.576. The molecule has 0 aromatic heterocycles. The zero-order chi connectivity index (χ0) is 10.7. The average molecular weight is 228 g/mol. The minimum atomic E-state index is -3.98. The summed E-state index contributed by atoms with van der Waals surface area (Å²) >= 11 is 0. The molecule has 4 nitrogen and oxygen atoms in total. The highest BCUT2D eigenvalue weighted by Crippen LogP contribution is 2.12. The Morgan fingerprint density at radius 2 is 1.54 bits per heavy atom. The molecule has 0 fully saturated rings. The minimum Gasteiger partial charge on any atom is -0.213 e. The molecule has 0 saturated carbocycles. The van der Waals surface area contributed by atoms with E-state index in [4.69, 9.17) is 0 Å². The maximum atomic E-state index is 11.3. The predicted molar refractivity (Wildman–Crippen MR) is 52.8 cm³/mol. The summed E-state index contributed by atoms with van der Waals surface area (Å²) in [6.45, 7) is 4.56. The number of unbranched alkanes of at least 4 members (excludes halogenated alkanes) is 1. The standard InChI is InChI=1S/C7H16O4S2/c1-4-5-6-12(8,9)13(10,11)7(2)3/h7H,4-6H2,1-3H3. The summed E-state index contributed by atoms with van der Waals surface area (Å²) in [6.07, 6.45) is 1.07. The molecule has 0 aliphatic carbocycles. The fourth-order valence-corrected chi connectivity index (χ4v) is 5.00. The molecule has 0 aliphatic heterocycles. The van der Waals surface area contributed by atoms with Crippen LogP contribution in [-0.2, 0) is 17.7 Å². The van der Waals surface area contributed by atoms with Crippen molar-refractivity contribution < 1.29 is 16.8 Å². The molecule has 0 saturated heterocycles. The van der Waals surface area contributed by atoms with Crippen LogP contribution in [0.15, 0.2) is 0 Å². The Balaban J connectivity index is 4.86. The van der Waals surface area contributed by atoms with Crippen LogP contribution >= 0.6 is 0 Å². The van der Waals surface area contributed by atoms with Gasteiger partial charge in [-0.1, -0.05) is 13.3 Å². The van der Waals surface area contributed by atoms with E-state index in [9.17, 15) is 16.8 Å². The minimum absolute atomic E-state index is 0.260. The van der Waals surface area contributed by atoms with Gasteiger partial charge in [-0.3, -0.25) is 0 Å². The van der Waals surface area contributed by atoms with Crippen LogP contribution < -0.4 is 0 Å². The molecular formula is C7H16O4S2. The first kappa shape index (κ1) is 12.9. The molecule has 80 valence electrons. The smallest absolute Gasteiger partial charge is 0.213 e. The molecular weight excluding hydrogens is 212 g/mol. The Bertz CT molecular complexity index is 337. The van der Waals surface area contributed by atoms with Crippen molar-refractivity contribution in [1.29, 1.82) is 0 Å². The topological polar surface area (TPSA) is 68.3 Å². The van der Waals surface area contributed by atoms with Crippen molar-refractivity contribution in [2.75, 3.05) is 5.75 Å². The zero-order valence-electron chi connectivity index (χ0n) is 8.15. The van der Waals surface area contributed by atoms with E-state index in [0.29, 0.717) is 12.8 Å². The zero-order valence-corrected chi connectivity index (χ0v) is 9.78. The number of rotatable bonds is 5. The molecule has 0 aliphatic rings. The van der Waals surface area contributed by atoms with Gasteiger partial charge >= 0.3 is 0 Å². The average Bonchev–Trinajstić information content (AvgIpc) is 2.00. The molecule has 13 heavy (non-hydrogen) atoms. The first-order chi connectivity index (χ1) is 5.75. The van der Waals surface area contributed by atoms with Gasteiger partial charge in [0.1, 0.15) is 0 Å². The van der Waals surface area contributed by atoms with Gasteiger partial charge in [-0.25, -0.2) is 16.8 Å². The maximum Gasteiger partial charge on any atom is 0.255 e. The van der Waals surface area contributed by atoms with Gasteiger partial charge in [0.25, 0.3) is 17.7 Å². The Morgan fingerprint density at radius 1 is 1.08 bits per heavy atom. The molecule has 0 unspecified atom stereocenters. The highest BCUT2D eigenvalue weighted by atomic mass is 33.2. The SMILES string of the molecule is CCCCS(=O)(=O)S(=O)(=O)C(C)C. The van der Waals surface area contributed by atoms with Gasteiger partial charge in [0, 0.05) is 0 Å². The molecule has 0 heterocycles. The van der Waals surface area contributed by atoms with Crippen LogP contribution in [0.5, 0.6) is 0 Å². The van der Waals surface area contributed by atoms with Gasteiger partial charge in [0.2, 0.25) is 0 Å². The van der Waals surface area contributed by atoms with E-state index in [1.165, 1.54) is 13.8 Å². The largest absolute Gasteiger partial charge is 0.255 e. The summed E-state index contributed by atoms with van der Waals surface area (Å²) in [6, 6.07) is 0. The van der Waals surface area contributed by atoms with Gasteiger partial charge in [0.15, 0.2) is 0 Å². The van der Waals surface area contributed by atoms with Crippen LogP contribution in [-0.4, -0.2) is 27.8 Å². The van der Waals surface area contributed by atoms with Crippen LogP contribution in [0, 0.1) is 0 Å². The lowest BCUT2D eigenvalue weighted by atomic mass is 10.4. The number of hydrogen-bond acceptors (Lipinski definition) is 4. The molecule has 0 radical (unpaired) electrons. The lowest BCUT2D eigenvalue weighted by Crippen LogP contribution is -2.26. The van der Waals surface area contributed by atoms with Crippen molar-refractivity contribution in [2.45, 2.75) is 38.9 Å². The van der Waals surface area contributed by atoms with Crippen LogP contribution in [0.4, 0.5) is 0 Å². The Kier molecular flexibility index (Phi) is 4.38. The van der Waals surface area contributed by atoms with Crippen molar-refractivity contribution in [3.8, 4) is 0 Å². The molecule has 0 aromatic carbocycles. The molecule has 0 bridgehead atoms. The molecule has 6 heteroatoms. The van der Waals surface area contributed by atoms with Gasteiger partial charge in [0.05, 0.1) is 11.0 Å². The van der Waals surface area contributed by atoms with Crippen LogP contribution in [0.25, 0.3) is 0 Å². The van der Waals surface area contributed by atoms with Gasteiger partial charge < -0.3 is 0 Å². The third kappa shape index (κ3) is 2.95. The number of hydrogen-bond donors (Lipinski definition) is 0. The van der Waals surface area contributed by atoms with Crippen molar-refractivity contribution in [3.05, 3.63) is 0 Å². The monoisotopic (exact) mass is 228 g/mol. The summed E-state index contributed by atoms with van der Waals surface area (Å²) in [5.41, 5.74) is 0. The van der Waals surface area contributed by atoms with E-state index in [-0.39, 0.29) is 5.75 Å². The van der Waals surface area contributed by atoms with E-state index in [1.54, 1.807) is 0 Å². The van der Waals surface area contributed by atoms with Gasteiger partial charge in [-0.2, -0.15) is 0 Å². The second-order valence-electron chi connectivity index (χ2n) is 3.16. The lowest BCUT2D eigenvalue weighted by Gasteiger charge is -2.07. The summed E-state index contributed by atoms with van der Waals surface area (Å²) in [5.74, 6) is -0.260. The first-order valence-corrected chi connectivity index (χ1v) is 7.93. The highest BCUT2D eigenvalue weighted by Gasteiger charge is 2.31. The normalized spacial score (nSPS) is 13.5. The van der Waals surface area contributed by atoms with Crippen molar-refractivity contribution in [3.63, 3.8) is 0 Å². The Hall–Kier alpha value is -0.100. The second-order valence-corrected chi connectivity index (χ2v) is 9.53. The predicted octanol–water partition coefficient (Wildman–Crippen LogP) is 0.940. The fraction of sp³-hybridized carbons (Fsp3) is 1.00. The highest BCUT2D eigenvalue weighted by molar-refractivity contribution is 8.67. The van der Waals surface area contributed by atoms with Crippen LogP contribution in [0.2, 0.25) is 0 Å².